The van der Waals surface area contributed by atoms with Crippen molar-refractivity contribution in [2.24, 2.45) is 0 Å². The summed E-state index contributed by atoms with van der Waals surface area (Å²) in [5.74, 6) is 0. The first-order valence-corrected chi connectivity index (χ1v) is 12.6. The molecule has 0 atom stereocenters. The summed E-state index contributed by atoms with van der Waals surface area (Å²) in [6.07, 6.45) is 11.2. The summed E-state index contributed by atoms with van der Waals surface area (Å²) in [5, 5.41) is 0. The van der Waals surface area contributed by atoms with E-state index in [9.17, 15) is 0 Å². The largest absolute Gasteiger partial charge is 0.379 e. The molecule has 6 nitrogen and oxygen atoms in total. The minimum absolute atomic E-state index is 0.618. The maximum Gasteiger partial charge on any atom is 0.0888 e. The molecule has 4 aromatic heterocycles. The maximum absolute atomic E-state index is 5.76. The third kappa shape index (κ3) is 8.04. The number of rotatable bonds is 13. The van der Waals surface area contributed by atoms with Crippen LogP contribution in [0.2, 0.25) is 0 Å². The van der Waals surface area contributed by atoms with Crippen LogP contribution in [0.3, 0.4) is 0 Å². The Morgan fingerprint density at radius 2 is 0.889 bits per heavy atom. The first-order valence-electron chi connectivity index (χ1n) is 12.6. The van der Waals surface area contributed by atoms with Crippen LogP contribution in [0, 0.1) is 13.8 Å². The van der Waals surface area contributed by atoms with Gasteiger partial charge in [0.1, 0.15) is 0 Å². The van der Waals surface area contributed by atoms with Crippen LogP contribution in [0.25, 0.3) is 22.8 Å². The number of pyridine rings is 4. The smallest absolute Gasteiger partial charge is 0.0888 e. The molecule has 6 heteroatoms. The van der Waals surface area contributed by atoms with Crippen molar-refractivity contribution in [2.45, 2.75) is 39.5 Å². The van der Waals surface area contributed by atoms with E-state index in [-0.39, 0.29) is 0 Å². The predicted octanol–water partition coefficient (Wildman–Crippen LogP) is 5.82. The Hall–Kier alpha value is -3.48. The van der Waals surface area contributed by atoms with Gasteiger partial charge in [-0.1, -0.05) is 0 Å². The maximum atomic E-state index is 5.76. The highest BCUT2D eigenvalue weighted by Gasteiger charge is 2.04. The predicted molar refractivity (Wildman–Crippen MR) is 143 cm³/mol. The standard InChI is InChI=1S/C30H34N4O2/c1-23-7-11-31-27(19-23)29-21-25(9-13-33-29)5-3-15-35-17-18-36-16-4-6-26-10-14-34-30(22-26)28-20-24(2)8-12-32-28/h7-14,19-22H,3-6,15-18H2,1-2H3. The van der Waals surface area contributed by atoms with Crippen molar-refractivity contribution in [1.29, 1.82) is 0 Å². The summed E-state index contributed by atoms with van der Waals surface area (Å²) in [6.45, 7) is 6.81. The number of nitrogens with zero attached hydrogens (tertiary/aromatic N) is 4. The minimum Gasteiger partial charge on any atom is -0.379 e. The molecule has 36 heavy (non-hydrogen) atoms. The van der Waals surface area contributed by atoms with Crippen molar-refractivity contribution in [2.75, 3.05) is 26.4 Å². The van der Waals surface area contributed by atoms with E-state index in [0.29, 0.717) is 13.2 Å². The van der Waals surface area contributed by atoms with Gasteiger partial charge in [0.05, 0.1) is 36.0 Å². The summed E-state index contributed by atoms with van der Waals surface area (Å²) in [4.78, 5) is 17.8. The molecule has 4 rings (SSSR count). The molecule has 0 fully saturated rings. The molecule has 0 aliphatic carbocycles. The molecule has 0 amide bonds. The van der Waals surface area contributed by atoms with Crippen LogP contribution in [-0.4, -0.2) is 46.4 Å². The molecule has 0 aliphatic rings. The van der Waals surface area contributed by atoms with Crippen LogP contribution >= 0.6 is 0 Å². The van der Waals surface area contributed by atoms with Crippen LogP contribution in [0.5, 0.6) is 0 Å². The number of hydrogen-bond donors (Lipinski definition) is 0. The second-order valence-corrected chi connectivity index (χ2v) is 8.97. The van der Waals surface area contributed by atoms with Gasteiger partial charge in [0.2, 0.25) is 0 Å². The van der Waals surface area contributed by atoms with Gasteiger partial charge in [-0.25, -0.2) is 0 Å². The normalized spacial score (nSPS) is 11.1. The lowest BCUT2D eigenvalue weighted by atomic mass is 10.1. The van der Waals surface area contributed by atoms with Crippen LogP contribution in [0.15, 0.2) is 73.3 Å². The van der Waals surface area contributed by atoms with Crippen molar-refractivity contribution >= 4 is 0 Å². The van der Waals surface area contributed by atoms with E-state index in [1.807, 2.05) is 36.9 Å². The van der Waals surface area contributed by atoms with Crippen molar-refractivity contribution < 1.29 is 9.47 Å². The molecule has 0 unspecified atom stereocenters. The van der Waals surface area contributed by atoms with Crippen LogP contribution in [-0.2, 0) is 22.3 Å². The topological polar surface area (TPSA) is 70.0 Å². The zero-order valence-corrected chi connectivity index (χ0v) is 21.2. The van der Waals surface area contributed by atoms with E-state index in [0.717, 1.165) is 61.7 Å². The Morgan fingerprint density at radius 1 is 0.500 bits per heavy atom. The summed E-state index contributed by atoms with van der Waals surface area (Å²) in [6, 6.07) is 16.5. The molecular formula is C30H34N4O2. The van der Waals surface area contributed by atoms with Gasteiger partial charge in [0.25, 0.3) is 0 Å². The Balaban J connectivity index is 1.07. The fourth-order valence-electron chi connectivity index (χ4n) is 3.97. The molecule has 4 aromatic rings. The highest BCUT2D eigenvalue weighted by atomic mass is 16.5. The highest BCUT2D eigenvalue weighted by Crippen LogP contribution is 2.18. The first-order chi connectivity index (χ1) is 17.7. The zero-order valence-electron chi connectivity index (χ0n) is 21.2. The lowest BCUT2D eigenvalue weighted by Gasteiger charge is -2.08. The van der Waals surface area contributed by atoms with E-state index >= 15 is 0 Å². The summed E-state index contributed by atoms with van der Waals surface area (Å²) >= 11 is 0. The van der Waals surface area contributed by atoms with Crippen molar-refractivity contribution in [1.82, 2.24) is 19.9 Å². The van der Waals surface area contributed by atoms with Gasteiger partial charge < -0.3 is 9.47 Å². The molecule has 0 bridgehead atoms. The van der Waals surface area contributed by atoms with Gasteiger partial charge in [-0.3, -0.25) is 19.9 Å². The van der Waals surface area contributed by atoms with Crippen LogP contribution in [0.1, 0.15) is 35.1 Å². The molecule has 186 valence electrons. The number of ether oxygens (including phenoxy) is 2. The lowest BCUT2D eigenvalue weighted by molar-refractivity contribution is 0.0462. The van der Waals surface area contributed by atoms with Crippen molar-refractivity contribution in [3.05, 3.63) is 95.6 Å². The molecule has 0 saturated carbocycles. The van der Waals surface area contributed by atoms with E-state index in [1.165, 1.54) is 22.3 Å². The Bertz CT molecular complexity index is 1150. The second kappa shape index (κ2) is 13.6. The quantitative estimate of drug-likeness (QED) is 0.224. The third-order valence-electron chi connectivity index (χ3n) is 5.88. The number of aryl methyl sites for hydroxylation is 4. The summed E-state index contributed by atoms with van der Waals surface area (Å²) < 4.78 is 11.5. The first kappa shape index (κ1) is 25.6. The van der Waals surface area contributed by atoms with E-state index in [2.05, 4.69) is 70.2 Å². The SMILES string of the molecule is Cc1ccnc(-c2cc(CCCOCCOCCCc3ccnc(-c4cc(C)ccn4)c3)ccn2)c1. The Kier molecular flexibility index (Phi) is 9.65. The fourth-order valence-corrected chi connectivity index (χ4v) is 3.97. The average molecular weight is 483 g/mol. The molecule has 0 aromatic carbocycles. The van der Waals surface area contributed by atoms with Crippen molar-refractivity contribution in [3.8, 4) is 22.8 Å². The summed E-state index contributed by atoms with van der Waals surface area (Å²) in [7, 11) is 0. The number of aromatic nitrogens is 4. The van der Waals surface area contributed by atoms with Gasteiger partial charge in [-0.05, 0) is 110 Å². The molecule has 0 saturated heterocycles. The van der Waals surface area contributed by atoms with Crippen molar-refractivity contribution in [3.63, 3.8) is 0 Å². The van der Waals surface area contributed by atoms with E-state index in [4.69, 9.17) is 9.47 Å². The van der Waals surface area contributed by atoms with Crippen LogP contribution < -0.4 is 0 Å². The lowest BCUT2D eigenvalue weighted by Crippen LogP contribution is -2.07. The average Bonchev–Trinajstić information content (AvgIpc) is 2.90. The van der Waals surface area contributed by atoms with Gasteiger partial charge in [0, 0.05) is 38.0 Å². The van der Waals surface area contributed by atoms with Gasteiger partial charge in [-0.15, -0.1) is 0 Å². The highest BCUT2D eigenvalue weighted by molar-refractivity contribution is 5.56. The third-order valence-corrected chi connectivity index (χ3v) is 5.88. The molecule has 0 aliphatic heterocycles. The Morgan fingerprint density at radius 3 is 1.31 bits per heavy atom. The van der Waals surface area contributed by atoms with Crippen LogP contribution in [0.4, 0.5) is 0 Å². The molecule has 0 N–H and O–H groups in total. The molecule has 0 radical (unpaired) electrons. The van der Waals surface area contributed by atoms with Gasteiger partial charge in [-0.2, -0.15) is 0 Å². The fraction of sp³-hybridized carbons (Fsp3) is 0.333. The number of hydrogen-bond acceptors (Lipinski definition) is 6. The second-order valence-electron chi connectivity index (χ2n) is 8.97. The Labute approximate surface area is 213 Å². The minimum atomic E-state index is 0.618. The molecule has 0 spiro atoms. The monoisotopic (exact) mass is 482 g/mol. The van der Waals surface area contributed by atoms with E-state index in [1.54, 1.807) is 0 Å². The van der Waals surface area contributed by atoms with Gasteiger partial charge >= 0.3 is 0 Å². The van der Waals surface area contributed by atoms with E-state index < -0.39 is 0 Å². The van der Waals surface area contributed by atoms with Gasteiger partial charge in [0.15, 0.2) is 0 Å². The zero-order chi connectivity index (χ0) is 25.0. The molecule has 4 heterocycles. The molecular weight excluding hydrogens is 448 g/mol. The summed E-state index contributed by atoms with van der Waals surface area (Å²) in [5.41, 5.74) is 8.53.